The third-order valence-corrected chi connectivity index (χ3v) is 3.91. The maximum Gasteiger partial charge on any atom is 0.330 e. The number of hydrogen-bond acceptors (Lipinski definition) is 5. The lowest BCUT2D eigenvalue weighted by Crippen LogP contribution is -2.33. The highest BCUT2D eigenvalue weighted by atomic mass is 16.5. The van der Waals surface area contributed by atoms with Gasteiger partial charge in [-0.1, -0.05) is 35.5 Å². The molecule has 0 spiro atoms. The normalized spacial score (nSPS) is 15.0. The van der Waals surface area contributed by atoms with E-state index in [1.165, 1.54) is 0 Å². The average molecular weight is 329 g/mol. The second-order valence-corrected chi connectivity index (χ2v) is 5.92. The van der Waals surface area contributed by atoms with Gasteiger partial charge in [-0.3, -0.25) is 4.79 Å². The molecule has 1 fully saturated rings. The van der Waals surface area contributed by atoms with Gasteiger partial charge >= 0.3 is 5.97 Å². The zero-order chi connectivity index (χ0) is 16.9. The van der Waals surface area contributed by atoms with E-state index in [0.717, 1.165) is 18.7 Å². The van der Waals surface area contributed by atoms with Gasteiger partial charge in [-0.15, -0.1) is 0 Å². The van der Waals surface area contributed by atoms with Gasteiger partial charge in [0.1, 0.15) is 0 Å². The summed E-state index contributed by atoms with van der Waals surface area (Å²) >= 11 is 0. The van der Waals surface area contributed by atoms with Crippen LogP contribution < -0.4 is 5.32 Å². The number of nitrogens with zero attached hydrogens (tertiary/aromatic N) is 2. The Morgan fingerprint density at radius 3 is 2.71 bits per heavy atom. The van der Waals surface area contributed by atoms with Crippen LogP contribution in [-0.4, -0.2) is 27.1 Å². The SMILES string of the molecule is O=C(CCCc1nc(C2CC2)no1)NC(C(=O)O)c1ccccc1. The van der Waals surface area contributed by atoms with E-state index >= 15 is 0 Å². The molecule has 24 heavy (non-hydrogen) atoms. The van der Waals surface area contributed by atoms with Gasteiger partial charge in [-0.25, -0.2) is 4.79 Å². The lowest BCUT2D eigenvalue weighted by molar-refractivity contribution is -0.142. The summed E-state index contributed by atoms with van der Waals surface area (Å²) in [6.45, 7) is 0. The van der Waals surface area contributed by atoms with E-state index in [-0.39, 0.29) is 12.3 Å². The van der Waals surface area contributed by atoms with Gasteiger partial charge in [0.15, 0.2) is 11.9 Å². The van der Waals surface area contributed by atoms with E-state index < -0.39 is 12.0 Å². The van der Waals surface area contributed by atoms with Crippen molar-refractivity contribution in [3.05, 3.63) is 47.6 Å². The average Bonchev–Trinajstić information content (AvgIpc) is 3.32. The number of carbonyl (C=O) groups is 2. The summed E-state index contributed by atoms with van der Waals surface area (Å²) in [7, 11) is 0. The molecule has 1 unspecified atom stereocenters. The van der Waals surface area contributed by atoms with Crippen molar-refractivity contribution in [1.82, 2.24) is 15.5 Å². The van der Waals surface area contributed by atoms with Gasteiger partial charge < -0.3 is 14.9 Å². The first-order valence-corrected chi connectivity index (χ1v) is 8.03. The van der Waals surface area contributed by atoms with Crippen LogP contribution in [0.25, 0.3) is 0 Å². The smallest absolute Gasteiger partial charge is 0.330 e. The van der Waals surface area contributed by atoms with Crippen LogP contribution in [0, 0.1) is 0 Å². The molecule has 1 aliphatic rings. The van der Waals surface area contributed by atoms with Crippen molar-refractivity contribution < 1.29 is 19.2 Å². The summed E-state index contributed by atoms with van der Waals surface area (Å²) in [5, 5.41) is 15.8. The maximum atomic E-state index is 12.0. The van der Waals surface area contributed by atoms with Crippen LogP contribution in [0.4, 0.5) is 0 Å². The number of benzene rings is 1. The Morgan fingerprint density at radius 1 is 1.29 bits per heavy atom. The number of nitrogens with one attached hydrogen (secondary N) is 1. The number of carbonyl (C=O) groups excluding carboxylic acids is 1. The van der Waals surface area contributed by atoms with Gasteiger partial charge in [0.25, 0.3) is 0 Å². The van der Waals surface area contributed by atoms with E-state index in [9.17, 15) is 14.7 Å². The minimum absolute atomic E-state index is 0.206. The summed E-state index contributed by atoms with van der Waals surface area (Å²) in [6, 6.07) is 7.59. The van der Waals surface area contributed by atoms with Crippen LogP contribution >= 0.6 is 0 Å². The number of aromatic nitrogens is 2. The third kappa shape index (κ3) is 4.18. The maximum absolute atomic E-state index is 12.0. The number of rotatable bonds is 8. The first kappa shape index (κ1) is 16.2. The Labute approximate surface area is 139 Å². The molecule has 1 aromatic carbocycles. The molecule has 2 N–H and O–H groups in total. The topological polar surface area (TPSA) is 105 Å². The van der Waals surface area contributed by atoms with E-state index in [2.05, 4.69) is 15.5 Å². The van der Waals surface area contributed by atoms with Gasteiger partial charge in [-0.05, 0) is 24.8 Å². The molecule has 2 aromatic rings. The zero-order valence-corrected chi connectivity index (χ0v) is 13.1. The molecule has 3 rings (SSSR count). The molecule has 1 saturated carbocycles. The zero-order valence-electron chi connectivity index (χ0n) is 13.1. The second-order valence-electron chi connectivity index (χ2n) is 5.92. The molecule has 0 aliphatic heterocycles. The van der Waals surface area contributed by atoms with Crippen molar-refractivity contribution >= 4 is 11.9 Å². The molecule has 126 valence electrons. The van der Waals surface area contributed by atoms with E-state index in [0.29, 0.717) is 30.2 Å². The molecule has 1 aromatic heterocycles. The number of carboxylic acids is 1. The van der Waals surface area contributed by atoms with Crippen LogP contribution in [0.5, 0.6) is 0 Å². The molecule has 7 heteroatoms. The van der Waals surface area contributed by atoms with Gasteiger partial charge in [0.2, 0.25) is 11.8 Å². The largest absolute Gasteiger partial charge is 0.479 e. The Bertz CT molecular complexity index is 710. The molecule has 7 nitrogen and oxygen atoms in total. The fraction of sp³-hybridized carbons (Fsp3) is 0.412. The number of hydrogen-bond donors (Lipinski definition) is 2. The minimum Gasteiger partial charge on any atom is -0.479 e. The quantitative estimate of drug-likeness (QED) is 0.769. The van der Waals surface area contributed by atoms with Gasteiger partial charge in [0, 0.05) is 18.8 Å². The molecule has 0 saturated heterocycles. The summed E-state index contributed by atoms with van der Waals surface area (Å²) in [4.78, 5) is 27.7. The van der Waals surface area contributed by atoms with Crippen molar-refractivity contribution in [3.63, 3.8) is 0 Å². The van der Waals surface area contributed by atoms with E-state index in [4.69, 9.17) is 4.52 Å². The van der Waals surface area contributed by atoms with Crippen molar-refractivity contribution in [3.8, 4) is 0 Å². The fourth-order valence-electron chi connectivity index (χ4n) is 2.44. The van der Waals surface area contributed by atoms with Gasteiger partial charge in [0.05, 0.1) is 0 Å². The lowest BCUT2D eigenvalue weighted by atomic mass is 10.1. The van der Waals surface area contributed by atoms with Crippen molar-refractivity contribution in [2.75, 3.05) is 0 Å². The Kier molecular flexibility index (Phi) is 4.88. The highest BCUT2D eigenvalue weighted by molar-refractivity contribution is 5.84. The molecule has 0 radical (unpaired) electrons. The molecule has 1 heterocycles. The summed E-state index contributed by atoms with van der Waals surface area (Å²) in [5.74, 6) is 0.328. The van der Waals surface area contributed by atoms with E-state index in [1.807, 2.05) is 0 Å². The van der Waals surface area contributed by atoms with Crippen LogP contribution in [0.15, 0.2) is 34.9 Å². The number of carboxylic acid groups (broad SMARTS) is 1. The molecule has 1 amide bonds. The van der Waals surface area contributed by atoms with Gasteiger partial charge in [-0.2, -0.15) is 4.98 Å². The second kappa shape index (κ2) is 7.25. The molecular weight excluding hydrogens is 310 g/mol. The lowest BCUT2D eigenvalue weighted by Gasteiger charge is -2.14. The highest BCUT2D eigenvalue weighted by Crippen LogP contribution is 2.38. The van der Waals surface area contributed by atoms with E-state index in [1.54, 1.807) is 30.3 Å². The highest BCUT2D eigenvalue weighted by Gasteiger charge is 2.28. The summed E-state index contributed by atoms with van der Waals surface area (Å²) in [6.07, 6.45) is 3.46. The summed E-state index contributed by atoms with van der Waals surface area (Å²) in [5.41, 5.74) is 0.546. The number of aliphatic carboxylic acids is 1. The molecule has 1 aliphatic carbocycles. The minimum atomic E-state index is -1.08. The first-order chi connectivity index (χ1) is 11.6. The molecule has 0 bridgehead atoms. The standard InChI is InChI=1S/C17H19N3O4/c21-13(18-15(17(22)23)11-5-2-1-3-6-11)7-4-8-14-19-16(20-24-14)12-9-10-12/h1-3,5-6,12,15H,4,7-10H2,(H,18,21)(H,22,23). The predicted molar refractivity (Wildman–Crippen MR) is 84.2 cm³/mol. The molecular formula is C17H19N3O4. The molecule has 1 atom stereocenters. The Balaban J connectivity index is 1.47. The number of amides is 1. The Hall–Kier alpha value is -2.70. The summed E-state index contributed by atoms with van der Waals surface area (Å²) < 4.78 is 5.15. The monoisotopic (exact) mass is 329 g/mol. The third-order valence-electron chi connectivity index (χ3n) is 3.91. The number of aryl methyl sites for hydroxylation is 1. The first-order valence-electron chi connectivity index (χ1n) is 8.03. The van der Waals surface area contributed by atoms with Crippen LogP contribution in [0.1, 0.15) is 54.9 Å². The van der Waals surface area contributed by atoms with Crippen molar-refractivity contribution in [2.45, 2.75) is 44.1 Å². The van der Waals surface area contributed by atoms with Crippen LogP contribution in [-0.2, 0) is 16.0 Å². The Morgan fingerprint density at radius 2 is 2.04 bits per heavy atom. The fourth-order valence-corrected chi connectivity index (χ4v) is 2.44. The van der Waals surface area contributed by atoms with Crippen molar-refractivity contribution in [1.29, 1.82) is 0 Å². The predicted octanol–water partition coefficient (Wildman–Crippen LogP) is 2.21. The van der Waals surface area contributed by atoms with Crippen LogP contribution in [0.3, 0.4) is 0 Å². The van der Waals surface area contributed by atoms with Crippen LogP contribution in [0.2, 0.25) is 0 Å². The van der Waals surface area contributed by atoms with Crippen molar-refractivity contribution in [2.24, 2.45) is 0 Å².